The molecule has 0 radical (unpaired) electrons. The van der Waals surface area contributed by atoms with E-state index in [-0.39, 0.29) is 24.4 Å². The van der Waals surface area contributed by atoms with Gasteiger partial charge >= 0.3 is 0 Å². The largest absolute Gasteiger partial charge is 0.368 e. The monoisotopic (exact) mass is 426 g/mol. The minimum Gasteiger partial charge on any atom is -0.368 e. The summed E-state index contributed by atoms with van der Waals surface area (Å²) in [6, 6.07) is 11.4. The third-order valence-electron chi connectivity index (χ3n) is 6.15. The number of amides is 2. The summed E-state index contributed by atoms with van der Waals surface area (Å²) in [5.41, 5.74) is 2.07. The normalized spacial score (nSPS) is 22.0. The van der Waals surface area contributed by atoms with Crippen LogP contribution in [0.1, 0.15) is 31.5 Å². The molecule has 2 aromatic rings. The van der Waals surface area contributed by atoms with Crippen LogP contribution in [0.15, 0.2) is 42.6 Å². The Morgan fingerprint density at radius 3 is 2.57 bits per heavy atom. The average molecular weight is 427 g/mol. The van der Waals surface area contributed by atoms with Gasteiger partial charge in [-0.2, -0.15) is 0 Å². The Kier molecular flexibility index (Phi) is 5.45. The zero-order valence-corrected chi connectivity index (χ0v) is 18.4. The number of pyridine rings is 1. The second kappa shape index (κ2) is 7.91. The molecule has 0 N–H and O–H groups in total. The summed E-state index contributed by atoms with van der Waals surface area (Å²) in [7, 11) is 0. The van der Waals surface area contributed by atoms with Crippen LogP contribution in [0.2, 0.25) is 5.02 Å². The van der Waals surface area contributed by atoms with Crippen LogP contribution >= 0.6 is 11.6 Å². The van der Waals surface area contributed by atoms with E-state index < -0.39 is 5.54 Å². The number of hydrogen-bond donors (Lipinski definition) is 0. The van der Waals surface area contributed by atoms with E-state index in [1.54, 1.807) is 16.0 Å². The van der Waals surface area contributed by atoms with Crippen molar-refractivity contribution in [3.05, 3.63) is 58.9 Å². The van der Waals surface area contributed by atoms with Crippen molar-refractivity contribution >= 4 is 29.1 Å². The minimum absolute atomic E-state index is 0.00833. The summed E-state index contributed by atoms with van der Waals surface area (Å²) in [4.78, 5) is 37.0. The molecule has 7 heteroatoms. The first-order chi connectivity index (χ1) is 14.3. The number of anilines is 1. The molecule has 3 heterocycles. The molecule has 2 saturated heterocycles. The number of carbonyl (C=O) groups is 2. The van der Waals surface area contributed by atoms with Gasteiger partial charge in [-0.15, -0.1) is 0 Å². The fraction of sp³-hybridized carbons (Fsp3) is 0.435. The summed E-state index contributed by atoms with van der Waals surface area (Å²) in [6.07, 6.45) is 2.39. The van der Waals surface area contributed by atoms with Crippen LogP contribution in [-0.2, 0) is 16.1 Å². The number of rotatable bonds is 4. The number of aryl methyl sites for hydroxylation is 1. The molecule has 0 saturated carbocycles. The molecule has 4 rings (SSSR count). The summed E-state index contributed by atoms with van der Waals surface area (Å²) in [6.45, 7) is 7.61. The van der Waals surface area contributed by atoms with Crippen molar-refractivity contribution in [3.8, 4) is 0 Å². The maximum atomic E-state index is 13.7. The molecule has 30 heavy (non-hydrogen) atoms. The van der Waals surface area contributed by atoms with Crippen molar-refractivity contribution in [3.63, 3.8) is 0 Å². The van der Waals surface area contributed by atoms with E-state index in [0.29, 0.717) is 31.1 Å². The summed E-state index contributed by atoms with van der Waals surface area (Å²) in [5.74, 6) is 0.0327. The van der Waals surface area contributed by atoms with E-state index in [1.807, 2.05) is 57.2 Å². The first kappa shape index (κ1) is 20.7. The standard InChI is InChI=1S/C23H27ClN4O2/c1-16(2)27-14-21(29)28(13-18-4-6-19(24)7-5-18)23(22(27)30)9-11-26(15-23)20-8-10-25-17(3)12-20/h4-8,10,12,16H,9,11,13-15H2,1-3H3. The zero-order chi connectivity index (χ0) is 21.5. The fourth-order valence-corrected chi connectivity index (χ4v) is 4.62. The van der Waals surface area contributed by atoms with E-state index >= 15 is 0 Å². The van der Waals surface area contributed by atoms with Gasteiger partial charge in [-0.3, -0.25) is 14.6 Å². The van der Waals surface area contributed by atoms with Crippen molar-refractivity contribution in [2.24, 2.45) is 0 Å². The molecular weight excluding hydrogens is 400 g/mol. The van der Waals surface area contributed by atoms with E-state index in [4.69, 9.17) is 11.6 Å². The van der Waals surface area contributed by atoms with Crippen molar-refractivity contribution < 1.29 is 9.59 Å². The molecule has 0 aliphatic carbocycles. The van der Waals surface area contributed by atoms with Crippen LogP contribution in [0.5, 0.6) is 0 Å². The lowest BCUT2D eigenvalue weighted by molar-refractivity contribution is -0.166. The Balaban J connectivity index is 1.69. The summed E-state index contributed by atoms with van der Waals surface area (Å²) < 4.78 is 0. The third-order valence-corrected chi connectivity index (χ3v) is 6.40. The topological polar surface area (TPSA) is 56.8 Å². The lowest BCUT2D eigenvalue weighted by atomic mass is 9.89. The Bertz CT molecular complexity index is 962. The van der Waals surface area contributed by atoms with Crippen LogP contribution in [-0.4, -0.2) is 57.8 Å². The Morgan fingerprint density at radius 1 is 1.17 bits per heavy atom. The Morgan fingerprint density at radius 2 is 1.90 bits per heavy atom. The van der Waals surface area contributed by atoms with Crippen LogP contribution in [0.25, 0.3) is 0 Å². The molecule has 2 fully saturated rings. The number of benzene rings is 1. The van der Waals surface area contributed by atoms with Gasteiger partial charge in [-0.25, -0.2) is 0 Å². The van der Waals surface area contributed by atoms with Gasteiger partial charge in [0.25, 0.3) is 5.91 Å². The molecule has 2 aliphatic rings. The second-order valence-electron chi connectivity index (χ2n) is 8.49. The van der Waals surface area contributed by atoms with Crippen LogP contribution < -0.4 is 4.90 Å². The predicted molar refractivity (Wildman–Crippen MR) is 117 cm³/mol. The van der Waals surface area contributed by atoms with Gasteiger partial charge in [0.2, 0.25) is 5.91 Å². The highest BCUT2D eigenvalue weighted by molar-refractivity contribution is 6.30. The van der Waals surface area contributed by atoms with E-state index in [0.717, 1.165) is 16.9 Å². The SMILES string of the molecule is Cc1cc(N2CCC3(C2)C(=O)N(C(C)C)CC(=O)N3Cc2ccc(Cl)cc2)ccn1. The quantitative estimate of drug-likeness (QED) is 0.752. The molecule has 1 aromatic carbocycles. The van der Waals surface area contributed by atoms with Crippen molar-refractivity contribution in [1.29, 1.82) is 0 Å². The first-order valence-corrected chi connectivity index (χ1v) is 10.7. The van der Waals surface area contributed by atoms with E-state index in [1.165, 1.54) is 0 Å². The zero-order valence-electron chi connectivity index (χ0n) is 17.6. The highest BCUT2D eigenvalue weighted by Gasteiger charge is 2.56. The van der Waals surface area contributed by atoms with Gasteiger partial charge in [0.1, 0.15) is 12.1 Å². The second-order valence-corrected chi connectivity index (χ2v) is 8.93. The molecule has 6 nitrogen and oxygen atoms in total. The van der Waals surface area contributed by atoms with Crippen molar-refractivity contribution in [2.45, 2.75) is 45.3 Å². The summed E-state index contributed by atoms with van der Waals surface area (Å²) in [5, 5.41) is 0.653. The highest BCUT2D eigenvalue weighted by atomic mass is 35.5. The van der Waals surface area contributed by atoms with E-state index in [2.05, 4.69) is 9.88 Å². The third kappa shape index (κ3) is 3.65. The number of carbonyl (C=O) groups excluding carboxylic acids is 2. The van der Waals surface area contributed by atoms with Crippen LogP contribution in [0.4, 0.5) is 5.69 Å². The van der Waals surface area contributed by atoms with Crippen LogP contribution in [0, 0.1) is 6.92 Å². The van der Waals surface area contributed by atoms with Gasteiger partial charge < -0.3 is 14.7 Å². The highest BCUT2D eigenvalue weighted by Crippen LogP contribution is 2.37. The molecule has 0 bridgehead atoms. The molecule has 1 atom stereocenters. The first-order valence-electron chi connectivity index (χ1n) is 10.3. The fourth-order valence-electron chi connectivity index (χ4n) is 4.49. The average Bonchev–Trinajstić information content (AvgIpc) is 3.16. The van der Waals surface area contributed by atoms with Gasteiger partial charge in [0.15, 0.2) is 0 Å². The summed E-state index contributed by atoms with van der Waals surface area (Å²) >= 11 is 6.03. The van der Waals surface area contributed by atoms with Gasteiger partial charge in [-0.1, -0.05) is 23.7 Å². The number of nitrogens with zero attached hydrogens (tertiary/aromatic N) is 4. The molecule has 2 aliphatic heterocycles. The van der Waals surface area contributed by atoms with Gasteiger partial charge in [-0.05, 0) is 57.0 Å². The number of halogens is 1. The molecule has 1 unspecified atom stereocenters. The van der Waals surface area contributed by atoms with Gasteiger partial charge in [0.05, 0.1) is 6.54 Å². The van der Waals surface area contributed by atoms with Crippen molar-refractivity contribution in [2.75, 3.05) is 24.5 Å². The number of hydrogen-bond acceptors (Lipinski definition) is 4. The molecule has 158 valence electrons. The van der Waals surface area contributed by atoms with Gasteiger partial charge in [0, 0.05) is 41.7 Å². The maximum Gasteiger partial charge on any atom is 0.251 e. The maximum absolute atomic E-state index is 13.7. The lowest BCUT2D eigenvalue weighted by Gasteiger charge is -2.48. The van der Waals surface area contributed by atoms with E-state index in [9.17, 15) is 9.59 Å². The smallest absolute Gasteiger partial charge is 0.251 e. The number of aromatic nitrogens is 1. The molecule has 1 aromatic heterocycles. The van der Waals surface area contributed by atoms with Crippen LogP contribution in [0.3, 0.4) is 0 Å². The Labute approximate surface area is 182 Å². The minimum atomic E-state index is -0.865. The van der Waals surface area contributed by atoms with Crippen molar-refractivity contribution in [1.82, 2.24) is 14.8 Å². The Hall–Kier alpha value is -2.60. The number of piperazine rings is 1. The molecule has 1 spiro atoms. The molecule has 2 amide bonds. The predicted octanol–water partition coefficient (Wildman–Crippen LogP) is 3.27. The lowest BCUT2D eigenvalue weighted by Crippen LogP contribution is -2.69. The molecular formula is C23H27ClN4O2.